The molecule has 1 aliphatic heterocycles. The van der Waals surface area contributed by atoms with Crippen LogP contribution in [0.2, 0.25) is 0 Å². The first-order valence-corrected chi connectivity index (χ1v) is 6.00. The molecule has 2 rings (SSSR count). The maximum absolute atomic E-state index is 11.6. The number of amides is 1. The van der Waals surface area contributed by atoms with Gasteiger partial charge in [0.25, 0.3) is 5.91 Å². The van der Waals surface area contributed by atoms with E-state index in [2.05, 4.69) is 10.3 Å². The van der Waals surface area contributed by atoms with Crippen molar-refractivity contribution in [1.29, 1.82) is 5.26 Å². The standard InChI is InChI=1S/C12H9N3O3S/c1-18-9-4-7(2-3-8(9)16)5-10-11(17)15-12(19-10)14-6-13/h2-5,16H,1H3,(H,14,15,17)/b10-5-. The number of amidine groups is 1. The van der Waals surface area contributed by atoms with Gasteiger partial charge in [-0.1, -0.05) is 6.07 Å². The zero-order valence-electron chi connectivity index (χ0n) is 9.88. The number of phenolic OH excluding ortho intramolecular Hbond substituents is 1. The monoisotopic (exact) mass is 275 g/mol. The number of ether oxygens (including phenoxy) is 1. The van der Waals surface area contributed by atoms with Gasteiger partial charge in [0.05, 0.1) is 12.0 Å². The number of rotatable bonds is 2. The Morgan fingerprint density at radius 3 is 3.05 bits per heavy atom. The number of nitrogens with zero attached hydrogens (tertiary/aromatic N) is 2. The lowest BCUT2D eigenvalue weighted by molar-refractivity contribution is -0.115. The highest BCUT2D eigenvalue weighted by molar-refractivity contribution is 8.18. The molecule has 1 aromatic rings. The molecule has 0 spiro atoms. The van der Waals surface area contributed by atoms with Crippen LogP contribution in [0.5, 0.6) is 11.5 Å². The number of aliphatic imine (C=N–C) groups is 1. The van der Waals surface area contributed by atoms with E-state index in [0.29, 0.717) is 16.2 Å². The van der Waals surface area contributed by atoms with E-state index < -0.39 is 0 Å². The summed E-state index contributed by atoms with van der Waals surface area (Å²) < 4.78 is 4.98. The summed E-state index contributed by atoms with van der Waals surface area (Å²) in [6, 6.07) is 4.74. The number of carbonyl (C=O) groups excluding carboxylic acids is 1. The highest BCUT2D eigenvalue weighted by Gasteiger charge is 2.23. The fourth-order valence-corrected chi connectivity index (χ4v) is 2.24. The van der Waals surface area contributed by atoms with E-state index in [1.807, 2.05) is 0 Å². The lowest BCUT2D eigenvalue weighted by atomic mass is 10.2. The fourth-order valence-electron chi connectivity index (χ4n) is 1.46. The van der Waals surface area contributed by atoms with Gasteiger partial charge in [-0.05, 0) is 35.5 Å². The minimum absolute atomic E-state index is 0.0277. The van der Waals surface area contributed by atoms with Crippen molar-refractivity contribution in [3.63, 3.8) is 0 Å². The molecule has 6 nitrogen and oxygen atoms in total. The Balaban J connectivity index is 2.30. The molecule has 0 aromatic heterocycles. The van der Waals surface area contributed by atoms with E-state index >= 15 is 0 Å². The molecule has 1 saturated heterocycles. The van der Waals surface area contributed by atoms with Crippen LogP contribution in [0.15, 0.2) is 28.1 Å². The van der Waals surface area contributed by atoms with E-state index in [9.17, 15) is 9.90 Å². The maximum atomic E-state index is 11.6. The molecule has 19 heavy (non-hydrogen) atoms. The van der Waals surface area contributed by atoms with Gasteiger partial charge in [0.1, 0.15) is 0 Å². The molecule has 0 bridgehead atoms. The second kappa shape index (κ2) is 5.46. The second-order valence-corrected chi connectivity index (χ2v) is 4.54. The summed E-state index contributed by atoms with van der Waals surface area (Å²) in [7, 11) is 1.45. The molecule has 1 aliphatic rings. The molecule has 0 atom stereocenters. The van der Waals surface area contributed by atoms with Crippen LogP contribution in [-0.4, -0.2) is 23.3 Å². The molecule has 2 N–H and O–H groups in total. The lowest BCUT2D eigenvalue weighted by Gasteiger charge is -2.03. The van der Waals surface area contributed by atoms with Crippen LogP contribution < -0.4 is 10.1 Å². The van der Waals surface area contributed by atoms with E-state index in [1.165, 1.54) is 13.2 Å². The first kappa shape index (κ1) is 13.0. The van der Waals surface area contributed by atoms with Gasteiger partial charge >= 0.3 is 0 Å². The molecule has 7 heteroatoms. The van der Waals surface area contributed by atoms with Crippen molar-refractivity contribution in [2.24, 2.45) is 4.99 Å². The fraction of sp³-hybridized carbons (Fsp3) is 0.0833. The molecule has 0 unspecified atom stereocenters. The Kier molecular flexibility index (Phi) is 3.73. The highest BCUT2D eigenvalue weighted by Crippen LogP contribution is 2.30. The van der Waals surface area contributed by atoms with E-state index in [1.54, 1.807) is 24.4 Å². The maximum Gasteiger partial charge on any atom is 0.264 e. The van der Waals surface area contributed by atoms with Crippen molar-refractivity contribution in [2.75, 3.05) is 7.11 Å². The number of hydrogen-bond donors (Lipinski definition) is 2. The number of thioether (sulfide) groups is 1. The van der Waals surface area contributed by atoms with Gasteiger partial charge in [0, 0.05) is 0 Å². The Morgan fingerprint density at radius 1 is 1.58 bits per heavy atom. The van der Waals surface area contributed by atoms with Crippen LogP contribution in [0.25, 0.3) is 6.08 Å². The number of hydrogen-bond acceptors (Lipinski definition) is 6. The predicted octanol–water partition coefficient (Wildman–Crippen LogP) is 1.44. The van der Waals surface area contributed by atoms with Crippen LogP contribution in [0, 0.1) is 11.5 Å². The van der Waals surface area contributed by atoms with E-state index in [4.69, 9.17) is 10.00 Å². The number of nitrogens with one attached hydrogen (secondary N) is 1. The average molecular weight is 275 g/mol. The number of phenols is 1. The van der Waals surface area contributed by atoms with Crippen molar-refractivity contribution in [1.82, 2.24) is 5.32 Å². The van der Waals surface area contributed by atoms with Crippen molar-refractivity contribution in [3.05, 3.63) is 28.7 Å². The van der Waals surface area contributed by atoms with Gasteiger partial charge in [0.2, 0.25) is 6.19 Å². The minimum atomic E-state index is -0.314. The van der Waals surface area contributed by atoms with Gasteiger partial charge in [-0.25, -0.2) is 0 Å². The summed E-state index contributed by atoms with van der Waals surface area (Å²) in [6.07, 6.45) is 3.24. The molecular weight excluding hydrogens is 266 g/mol. The van der Waals surface area contributed by atoms with Gasteiger partial charge in [-0.3, -0.25) is 10.1 Å². The summed E-state index contributed by atoms with van der Waals surface area (Å²) in [5.41, 5.74) is 0.700. The lowest BCUT2D eigenvalue weighted by Crippen LogP contribution is -2.19. The first-order chi connectivity index (χ1) is 9.13. The molecule has 0 saturated carbocycles. The van der Waals surface area contributed by atoms with Crippen LogP contribution >= 0.6 is 11.8 Å². The number of methoxy groups -OCH3 is 1. The second-order valence-electron chi connectivity index (χ2n) is 3.51. The Morgan fingerprint density at radius 2 is 2.37 bits per heavy atom. The summed E-state index contributed by atoms with van der Waals surface area (Å²) >= 11 is 1.08. The first-order valence-electron chi connectivity index (χ1n) is 5.18. The molecule has 96 valence electrons. The number of aromatic hydroxyl groups is 1. The third-order valence-electron chi connectivity index (χ3n) is 2.30. The van der Waals surface area contributed by atoms with Crippen LogP contribution in [0.3, 0.4) is 0 Å². The van der Waals surface area contributed by atoms with Gasteiger partial charge in [0.15, 0.2) is 16.7 Å². The largest absolute Gasteiger partial charge is 0.504 e. The zero-order chi connectivity index (χ0) is 13.8. The van der Waals surface area contributed by atoms with Crippen LogP contribution in [0.4, 0.5) is 0 Å². The normalized spacial score (nSPS) is 18.4. The molecule has 1 heterocycles. The van der Waals surface area contributed by atoms with Gasteiger partial charge in [-0.15, -0.1) is 4.99 Å². The van der Waals surface area contributed by atoms with E-state index in [-0.39, 0.29) is 16.8 Å². The Hall–Kier alpha value is -2.46. The Bertz CT molecular complexity index is 632. The number of carbonyl (C=O) groups is 1. The molecule has 1 aromatic carbocycles. The predicted molar refractivity (Wildman–Crippen MR) is 71.4 cm³/mol. The van der Waals surface area contributed by atoms with Crippen molar-refractivity contribution in [3.8, 4) is 17.7 Å². The average Bonchev–Trinajstić information content (AvgIpc) is 2.72. The Labute approximate surface area is 113 Å². The summed E-state index contributed by atoms with van der Waals surface area (Å²) in [4.78, 5) is 15.5. The summed E-state index contributed by atoms with van der Waals surface area (Å²) in [5, 5.41) is 20.6. The number of nitriles is 1. The van der Waals surface area contributed by atoms with Crippen molar-refractivity contribution < 1.29 is 14.6 Å². The number of benzene rings is 1. The van der Waals surface area contributed by atoms with Gasteiger partial charge < -0.3 is 9.84 Å². The molecule has 0 aliphatic carbocycles. The molecule has 1 fully saturated rings. The summed E-state index contributed by atoms with van der Waals surface area (Å²) in [6.45, 7) is 0. The minimum Gasteiger partial charge on any atom is -0.504 e. The SMILES string of the molecule is COc1cc(/C=C2\SC(=NC#N)NC2=O)ccc1O. The molecule has 0 radical (unpaired) electrons. The quantitative estimate of drug-likeness (QED) is 0.629. The third kappa shape index (κ3) is 2.86. The van der Waals surface area contributed by atoms with Crippen LogP contribution in [-0.2, 0) is 4.79 Å². The van der Waals surface area contributed by atoms with Crippen molar-refractivity contribution in [2.45, 2.75) is 0 Å². The topological polar surface area (TPSA) is 94.7 Å². The zero-order valence-corrected chi connectivity index (χ0v) is 10.7. The van der Waals surface area contributed by atoms with Crippen molar-refractivity contribution >= 4 is 28.9 Å². The molecule has 1 amide bonds. The smallest absolute Gasteiger partial charge is 0.264 e. The van der Waals surface area contributed by atoms with Gasteiger partial charge in [-0.2, -0.15) is 5.26 Å². The molecular formula is C12H9N3O3S. The van der Waals surface area contributed by atoms with Crippen LogP contribution in [0.1, 0.15) is 5.56 Å². The van der Waals surface area contributed by atoms with E-state index in [0.717, 1.165) is 11.8 Å². The third-order valence-corrected chi connectivity index (χ3v) is 3.21. The highest BCUT2D eigenvalue weighted by atomic mass is 32.2. The summed E-state index contributed by atoms with van der Waals surface area (Å²) in [5.74, 6) is 0.0367.